The number of aromatic nitrogens is 2. The minimum absolute atomic E-state index is 0.158. The van der Waals surface area contributed by atoms with E-state index < -0.39 is 0 Å². The van der Waals surface area contributed by atoms with Gasteiger partial charge in [0.15, 0.2) is 5.11 Å². The fraction of sp³-hybridized carbons (Fsp3) is 0.292. The molecule has 0 amide bonds. The van der Waals surface area contributed by atoms with Crippen LogP contribution in [0.15, 0.2) is 64.8 Å². The molecule has 31 heavy (non-hydrogen) atoms. The van der Waals surface area contributed by atoms with Gasteiger partial charge in [-0.3, -0.25) is 0 Å². The van der Waals surface area contributed by atoms with E-state index in [1.54, 1.807) is 0 Å². The zero-order chi connectivity index (χ0) is 21.8. The maximum absolute atomic E-state index is 6.02. The second kappa shape index (κ2) is 9.62. The van der Waals surface area contributed by atoms with Crippen LogP contribution >= 0.6 is 23.8 Å². The number of nitrogens with one attached hydrogen (secondary N) is 1. The Bertz CT molecular complexity index is 1080. The number of benzene rings is 2. The van der Waals surface area contributed by atoms with Crippen LogP contribution in [0.25, 0.3) is 17.0 Å². The van der Waals surface area contributed by atoms with Crippen molar-refractivity contribution >= 4 is 34.5 Å². The molecule has 2 aromatic carbocycles. The summed E-state index contributed by atoms with van der Waals surface area (Å²) in [7, 11) is 0. The third-order valence-corrected chi connectivity index (χ3v) is 6.06. The number of unbranched alkanes of at least 4 members (excludes halogenated alkanes) is 2. The molecule has 0 bridgehead atoms. The van der Waals surface area contributed by atoms with Gasteiger partial charge in [-0.05, 0) is 55.4 Å². The Morgan fingerprint density at radius 1 is 1.10 bits per heavy atom. The molecule has 1 N–H and O–H groups in total. The fourth-order valence-corrected chi connectivity index (χ4v) is 4.26. The van der Waals surface area contributed by atoms with Gasteiger partial charge in [0.25, 0.3) is 5.89 Å². The summed E-state index contributed by atoms with van der Waals surface area (Å²) in [5, 5.41) is 9.13. The zero-order valence-corrected chi connectivity index (χ0v) is 19.2. The van der Waals surface area contributed by atoms with Crippen LogP contribution in [0.1, 0.15) is 50.6 Å². The lowest BCUT2D eigenvalue weighted by Gasteiger charge is -2.37. The molecule has 3 aromatic rings. The first kappa shape index (κ1) is 21.5. The highest BCUT2D eigenvalue weighted by atomic mass is 35.5. The normalized spacial score (nSPS) is 16.5. The summed E-state index contributed by atoms with van der Waals surface area (Å²) >= 11 is 11.7. The molecule has 4 rings (SSSR count). The third kappa shape index (κ3) is 4.65. The molecule has 0 saturated heterocycles. The largest absolute Gasteiger partial charge is 0.351 e. The SMILES string of the molecule is CCCCCN1C(=S)NC(c2ccccc2)C(c2nc(-c3ccc(Cl)cc3)no2)=C1C. The Hall–Kier alpha value is -2.70. The van der Waals surface area contributed by atoms with Crippen LogP contribution in [0.2, 0.25) is 5.02 Å². The average Bonchev–Trinajstić information content (AvgIpc) is 3.26. The molecular formula is C24H25ClN4OS. The molecule has 0 spiro atoms. The van der Waals surface area contributed by atoms with Crippen molar-refractivity contribution < 1.29 is 4.52 Å². The Kier molecular flexibility index (Phi) is 6.68. The van der Waals surface area contributed by atoms with E-state index in [1.165, 1.54) is 0 Å². The molecule has 2 heterocycles. The van der Waals surface area contributed by atoms with Crippen LogP contribution < -0.4 is 5.32 Å². The van der Waals surface area contributed by atoms with E-state index in [2.05, 4.69) is 41.4 Å². The maximum atomic E-state index is 6.02. The summed E-state index contributed by atoms with van der Waals surface area (Å²) in [6, 6.07) is 17.5. The molecule has 1 atom stereocenters. The van der Waals surface area contributed by atoms with E-state index in [0.717, 1.165) is 53.3 Å². The monoisotopic (exact) mass is 452 g/mol. The van der Waals surface area contributed by atoms with Crippen molar-refractivity contribution in [2.75, 3.05) is 6.54 Å². The number of halogens is 1. The number of rotatable bonds is 7. The first-order valence-corrected chi connectivity index (χ1v) is 11.3. The van der Waals surface area contributed by atoms with Gasteiger partial charge in [-0.1, -0.05) is 66.9 Å². The van der Waals surface area contributed by atoms with Crippen LogP contribution in [-0.2, 0) is 0 Å². The fourth-order valence-electron chi connectivity index (χ4n) is 3.79. The van der Waals surface area contributed by atoms with E-state index in [-0.39, 0.29) is 6.04 Å². The van der Waals surface area contributed by atoms with Gasteiger partial charge in [0.2, 0.25) is 5.82 Å². The van der Waals surface area contributed by atoms with Crippen molar-refractivity contribution in [1.29, 1.82) is 0 Å². The Morgan fingerprint density at radius 2 is 1.84 bits per heavy atom. The van der Waals surface area contributed by atoms with Gasteiger partial charge in [-0.2, -0.15) is 4.98 Å². The van der Waals surface area contributed by atoms with Crippen molar-refractivity contribution in [1.82, 2.24) is 20.4 Å². The first-order valence-electron chi connectivity index (χ1n) is 10.5. The van der Waals surface area contributed by atoms with Crippen LogP contribution in [0.5, 0.6) is 0 Å². The lowest BCUT2D eigenvalue weighted by atomic mass is 9.94. The molecular weight excluding hydrogens is 428 g/mol. The van der Waals surface area contributed by atoms with E-state index in [9.17, 15) is 0 Å². The summed E-state index contributed by atoms with van der Waals surface area (Å²) in [5.41, 5.74) is 3.94. The molecule has 0 fully saturated rings. The number of hydrogen-bond acceptors (Lipinski definition) is 4. The lowest BCUT2D eigenvalue weighted by Crippen LogP contribution is -2.46. The molecule has 0 radical (unpaired) electrons. The smallest absolute Gasteiger partial charge is 0.258 e. The second-order valence-corrected chi connectivity index (χ2v) is 8.40. The molecule has 0 saturated carbocycles. The number of nitrogens with zero attached hydrogens (tertiary/aromatic N) is 3. The highest BCUT2D eigenvalue weighted by molar-refractivity contribution is 7.80. The molecule has 7 heteroatoms. The average molecular weight is 453 g/mol. The quantitative estimate of drug-likeness (QED) is 0.338. The number of thiocarbonyl (C=S) groups is 1. The molecule has 160 valence electrons. The molecule has 1 aliphatic rings. The Labute approximate surface area is 193 Å². The number of allylic oxidation sites excluding steroid dienone is 1. The van der Waals surface area contributed by atoms with Crippen molar-refractivity contribution in [2.24, 2.45) is 0 Å². The number of hydrogen-bond donors (Lipinski definition) is 1. The minimum Gasteiger partial charge on any atom is -0.351 e. The predicted molar refractivity (Wildman–Crippen MR) is 128 cm³/mol. The highest BCUT2D eigenvalue weighted by Crippen LogP contribution is 2.37. The molecule has 5 nitrogen and oxygen atoms in total. The predicted octanol–water partition coefficient (Wildman–Crippen LogP) is 6.24. The molecule has 1 aliphatic heterocycles. The maximum Gasteiger partial charge on any atom is 0.258 e. The van der Waals surface area contributed by atoms with Gasteiger partial charge in [-0.15, -0.1) is 0 Å². The molecule has 1 unspecified atom stereocenters. The van der Waals surface area contributed by atoms with Crippen LogP contribution in [0, 0.1) is 0 Å². The van der Waals surface area contributed by atoms with Gasteiger partial charge in [0.05, 0.1) is 11.6 Å². The summed E-state index contributed by atoms with van der Waals surface area (Å²) in [4.78, 5) is 6.87. The van der Waals surface area contributed by atoms with Gasteiger partial charge in [0.1, 0.15) is 0 Å². The molecule has 0 aliphatic carbocycles. The zero-order valence-electron chi connectivity index (χ0n) is 17.6. The Morgan fingerprint density at radius 3 is 2.55 bits per heavy atom. The van der Waals surface area contributed by atoms with Gasteiger partial charge >= 0.3 is 0 Å². The van der Waals surface area contributed by atoms with Crippen molar-refractivity contribution in [3.05, 3.63) is 76.8 Å². The van der Waals surface area contributed by atoms with Crippen LogP contribution in [0.4, 0.5) is 0 Å². The van der Waals surface area contributed by atoms with Gasteiger partial charge in [-0.25, -0.2) is 0 Å². The summed E-state index contributed by atoms with van der Waals surface area (Å²) in [6.45, 7) is 5.13. The molecule has 1 aromatic heterocycles. The summed E-state index contributed by atoms with van der Waals surface area (Å²) < 4.78 is 5.76. The van der Waals surface area contributed by atoms with Gasteiger partial charge in [0, 0.05) is 22.8 Å². The van der Waals surface area contributed by atoms with Crippen molar-refractivity contribution in [2.45, 2.75) is 39.2 Å². The van der Waals surface area contributed by atoms with E-state index in [1.807, 2.05) is 42.5 Å². The van der Waals surface area contributed by atoms with Crippen LogP contribution in [0.3, 0.4) is 0 Å². The van der Waals surface area contributed by atoms with E-state index in [0.29, 0.717) is 16.7 Å². The summed E-state index contributed by atoms with van der Waals surface area (Å²) in [5.74, 6) is 1.02. The van der Waals surface area contributed by atoms with E-state index >= 15 is 0 Å². The topological polar surface area (TPSA) is 54.2 Å². The van der Waals surface area contributed by atoms with Crippen molar-refractivity contribution in [3.63, 3.8) is 0 Å². The van der Waals surface area contributed by atoms with Crippen LogP contribution in [-0.4, -0.2) is 26.7 Å². The van der Waals surface area contributed by atoms with Crippen molar-refractivity contribution in [3.8, 4) is 11.4 Å². The Balaban J connectivity index is 1.75. The summed E-state index contributed by atoms with van der Waals surface area (Å²) in [6.07, 6.45) is 3.38. The highest BCUT2D eigenvalue weighted by Gasteiger charge is 2.33. The lowest BCUT2D eigenvalue weighted by molar-refractivity contribution is 0.395. The first-order chi connectivity index (χ1) is 15.1. The van der Waals surface area contributed by atoms with Gasteiger partial charge < -0.3 is 14.7 Å². The van der Waals surface area contributed by atoms with E-state index in [4.69, 9.17) is 33.3 Å². The second-order valence-electron chi connectivity index (χ2n) is 7.58. The standard InChI is InChI=1S/C24H25ClN4OS/c1-3-4-8-15-29-16(2)20(21(26-24(29)31)17-9-6-5-7-10-17)23-27-22(28-30-23)18-11-13-19(25)14-12-18/h5-7,9-14,21H,3-4,8,15H2,1-2H3,(H,26,31). The minimum atomic E-state index is -0.158. The third-order valence-electron chi connectivity index (χ3n) is 5.47.